The highest BCUT2D eigenvalue weighted by atomic mass is 16.5. The van der Waals surface area contributed by atoms with E-state index in [-0.39, 0.29) is 0 Å². The summed E-state index contributed by atoms with van der Waals surface area (Å²) >= 11 is 0. The molecule has 0 atom stereocenters. The molecule has 26 heavy (non-hydrogen) atoms. The monoisotopic (exact) mass is 343 g/mol. The minimum atomic E-state index is 0.879. The third kappa shape index (κ3) is 4.54. The van der Waals surface area contributed by atoms with Crippen LogP contribution in [0.1, 0.15) is 22.3 Å². The molecular weight excluding hydrogens is 318 g/mol. The van der Waals surface area contributed by atoms with Crippen molar-refractivity contribution in [1.29, 1.82) is 0 Å². The smallest absolute Gasteiger partial charge is 0.127 e. The summed E-state index contributed by atoms with van der Waals surface area (Å²) in [5, 5.41) is 1.34. The van der Waals surface area contributed by atoms with Crippen LogP contribution in [0.3, 0.4) is 0 Å². The van der Waals surface area contributed by atoms with Gasteiger partial charge in [-0.05, 0) is 69.7 Å². The molecule has 0 amide bonds. The number of H-pyrrole nitrogens is 1. The number of ether oxygens (including phenoxy) is 1. The Morgan fingerprint density at radius 1 is 0.615 bits per heavy atom. The molecule has 1 N–H and O–H groups in total. The van der Waals surface area contributed by atoms with Crippen LogP contribution in [-0.4, -0.2) is 4.98 Å². The van der Waals surface area contributed by atoms with E-state index >= 15 is 0 Å². The summed E-state index contributed by atoms with van der Waals surface area (Å²) in [6.07, 6.45) is 2.05. The van der Waals surface area contributed by atoms with Gasteiger partial charge in [0.1, 0.15) is 11.5 Å². The summed E-state index contributed by atoms with van der Waals surface area (Å²) < 4.78 is 5.69. The van der Waals surface area contributed by atoms with Crippen LogP contribution in [0.4, 0.5) is 0 Å². The van der Waals surface area contributed by atoms with Gasteiger partial charge in [0, 0.05) is 17.1 Å². The highest BCUT2D eigenvalue weighted by molar-refractivity contribution is 5.83. The number of aromatic amines is 1. The van der Waals surface area contributed by atoms with Gasteiger partial charge in [0.05, 0.1) is 0 Å². The van der Waals surface area contributed by atoms with Crippen molar-refractivity contribution < 1.29 is 4.74 Å². The number of rotatable bonds is 2. The Morgan fingerprint density at radius 3 is 1.65 bits per heavy atom. The Labute approximate surface area is 155 Å². The van der Waals surface area contributed by atoms with Crippen LogP contribution in [0.2, 0.25) is 0 Å². The molecule has 0 saturated carbocycles. The SMILES string of the molecule is Cc1ccc(Oc2ccc(C)cc2)cc1.Cc1ccc2[nH]cc(C)c2c1. The van der Waals surface area contributed by atoms with E-state index < -0.39 is 0 Å². The van der Waals surface area contributed by atoms with Gasteiger partial charge in [-0.15, -0.1) is 0 Å². The Bertz CT molecular complexity index is 936. The number of nitrogens with one attached hydrogen (secondary N) is 1. The average Bonchev–Trinajstić information content (AvgIpc) is 3.00. The lowest BCUT2D eigenvalue weighted by Gasteiger charge is -2.05. The number of fused-ring (bicyclic) bond motifs is 1. The number of hydrogen-bond donors (Lipinski definition) is 1. The van der Waals surface area contributed by atoms with Crippen molar-refractivity contribution in [2.75, 3.05) is 0 Å². The fraction of sp³-hybridized carbons (Fsp3) is 0.167. The topological polar surface area (TPSA) is 25.0 Å². The summed E-state index contributed by atoms with van der Waals surface area (Å²) in [5.41, 5.74) is 6.36. The van der Waals surface area contributed by atoms with Crippen molar-refractivity contribution in [2.24, 2.45) is 0 Å². The van der Waals surface area contributed by atoms with Crippen molar-refractivity contribution in [3.05, 3.63) is 95.2 Å². The second kappa shape index (κ2) is 7.92. The predicted octanol–water partition coefficient (Wildman–Crippen LogP) is 6.88. The molecule has 1 heterocycles. The van der Waals surface area contributed by atoms with Crippen molar-refractivity contribution in [1.82, 2.24) is 4.98 Å². The molecule has 2 heteroatoms. The summed E-state index contributed by atoms with van der Waals surface area (Å²) in [6.45, 7) is 8.37. The molecule has 0 spiro atoms. The molecule has 2 nitrogen and oxygen atoms in total. The van der Waals surface area contributed by atoms with Crippen molar-refractivity contribution >= 4 is 10.9 Å². The highest BCUT2D eigenvalue weighted by Gasteiger charge is 1.97. The van der Waals surface area contributed by atoms with Gasteiger partial charge in [0.15, 0.2) is 0 Å². The minimum Gasteiger partial charge on any atom is -0.457 e. The molecule has 0 radical (unpaired) electrons. The average molecular weight is 343 g/mol. The zero-order chi connectivity index (χ0) is 18.5. The van der Waals surface area contributed by atoms with Crippen LogP contribution in [0.15, 0.2) is 72.9 Å². The van der Waals surface area contributed by atoms with E-state index in [0.717, 1.165) is 11.5 Å². The fourth-order valence-electron chi connectivity index (χ4n) is 2.72. The normalized spacial score (nSPS) is 10.3. The van der Waals surface area contributed by atoms with E-state index in [1.54, 1.807) is 0 Å². The van der Waals surface area contributed by atoms with Crippen LogP contribution in [0.25, 0.3) is 10.9 Å². The third-order valence-corrected chi connectivity index (χ3v) is 4.32. The molecule has 1 aromatic heterocycles. The van der Waals surface area contributed by atoms with Crippen LogP contribution >= 0.6 is 0 Å². The summed E-state index contributed by atoms with van der Waals surface area (Å²) in [5.74, 6) is 1.76. The second-order valence-electron chi connectivity index (χ2n) is 6.75. The number of benzene rings is 3. The van der Waals surface area contributed by atoms with Crippen molar-refractivity contribution in [3.8, 4) is 11.5 Å². The predicted molar refractivity (Wildman–Crippen MR) is 110 cm³/mol. The second-order valence-corrected chi connectivity index (χ2v) is 6.75. The van der Waals surface area contributed by atoms with Gasteiger partial charge < -0.3 is 9.72 Å². The summed E-state index contributed by atoms with van der Waals surface area (Å²) in [7, 11) is 0. The molecule has 0 aliphatic carbocycles. The zero-order valence-electron chi connectivity index (χ0n) is 15.8. The van der Waals surface area contributed by atoms with E-state index in [0.29, 0.717) is 0 Å². The Hall–Kier alpha value is -3.00. The fourth-order valence-corrected chi connectivity index (χ4v) is 2.72. The minimum absolute atomic E-state index is 0.879. The lowest BCUT2D eigenvalue weighted by Crippen LogP contribution is -1.84. The van der Waals surface area contributed by atoms with Gasteiger partial charge in [0.2, 0.25) is 0 Å². The van der Waals surface area contributed by atoms with Gasteiger partial charge in [-0.3, -0.25) is 0 Å². The first-order valence-electron chi connectivity index (χ1n) is 8.87. The molecule has 0 aliphatic heterocycles. The van der Waals surface area contributed by atoms with Crippen molar-refractivity contribution in [3.63, 3.8) is 0 Å². The van der Waals surface area contributed by atoms with Crippen LogP contribution in [-0.2, 0) is 0 Å². The maximum atomic E-state index is 5.69. The Kier molecular flexibility index (Phi) is 5.43. The standard InChI is InChI=1S/C14H14O.C10H11N/c1-11-3-7-13(8-4-11)15-14-9-5-12(2)6-10-14;1-7-3-4-10-9(5-7)8(2)6-11-10/h3-10H,1-2H3;3-6,11H,1-2H3. The molecule has 0 fully saturated rings. The van der Waals surface area contributed by atoms with Gasteiger partial charge >= 0.3 is 0 Å². The molecule has 4 aromatic rings. The molecule has 0 unspecified atom stereocenters. The first kappa shape index (κ1) is 17.8. The summed E-state index contributed by atoms with van der Waals surface area (Å²) in [6, 6.07) is 22.6. The van der Waals surface area contributed by atoms with Gasteiger partial charge in [-0.2, -0.15) is 0 Å². The maximum absolute atomic E-state index is 5.69. The van der Waals surface area contributed by atoms with Gasteiger partial charge in [-0.25, -0.2) is 0 Å². The zero-order valence-corrected chi connectivity index (χ0v) is 15.8. The van der Waals surface area contributed by atoms with E-state index in [9.17, 15) is 0 Å². The van der Waals surface area contributed by atoms with E-state index in [1.807, 2.05) is 54.7 Å². The van der Waals surface area contributed by atoms with Crippen LogP contribution in [0.5, 0.6) is 11.5 Å². The van der Waals surface area contributed by atoms with Crippen LogP contribution in [0, 0.1) is 27.7 Å². The Balaban J connectivity index is 0.000000158. The first-order valence-corrected chi connectivity index (χ1v) is 8.87. The van der Waals surface area contributed by atoms with E-state index in [2.05, 4.69) is 50.9 Å². The van der Waals surface area contributed by atoms with Gasteiger partial charge in [-0.1, -0.05) is 47.0 Å². The van der Waals surface area contributed by atoms with E-state index in [4.69, 9.17) is 4.74 Å². The molecule has 0 bridgehead atoms. The molecule has 3 aromatic carbocycles. The molecule has 4 rings (SSSR count). The summed E-state index contributed by atoms with van der Waals surface area (Å²) in [4.78, 5) is 3.22. The highest BCUT2D eigenvalue weighted by Crippen LogP contribution is 2.21. The largest absolute Gasteiger partial charge is 0.457 e. The number of aryl methyl sites for hydroxylation is 4. The maximum Gasteiger partial charge on any atom is 0.127 e. The quantitative estimate of drug-likeness (QED) is 0.421. The lowest BCUT2D eigenvalue weighted by molar-refractivity contribution is 0.482. The first-order chi connectivity index (χ1) is 12.5. The molecular formula is C24H25NO. The third-order valence-electron chi connectivity index (χ3n) is 4.32. The van der Waals surface area contributed by atoms with E-state index in [1.165, 1.54) is 33.2 Å². The lowest BCUT2D eigenvalue weighted by atomic mass is 10.1. The Morgan fingerprint density at radius 2 is 1.12 bits per heavy atom. The van der Waals surface area contributed by atoms with Gasteiger partial charge in [0.25, 0.3) is 0 Å². The number of hydrogen-bond acceptors (Lipinski definition) is 1. The van der Waals surface area contributed by atoms with Crippen molar-refractivity contribution in [2.45, 2.75) is 27.7 Å². The van der Waals surface area contributed by atoms with Crippen LogP contribution < -0.4 is 4.74 Å². The number of aromatic nitrogens is 1. The molecule has 0 saturated heterocycles. The molecule has 132 valence electrons. The molecule has 0 aliphatic rings.